The van der Waals surface area contributed by atoms with Gasteiger partial charge in [0.25, 0.3) is 0 Å². The van der Waals surface area contributed by atoms with E-state index in [-0.39, 0.29) is 23.2 Å². The summed E-state index contributed by atoms with van der Waals surface area (Å²) in [6.07, 6.45) is 0.676. The number of anilines is 1. The average molecular weight is 372 g/mol. The molecule has 1 aromatic rings. The smallest absolute Gasteiger partial charge is 0.413 e. The number of rotatable bonds is 7. The number of aliphatic carboxylic acids is 1. The Labute approximate surface area is 148 Å². The number of carbonyl (C=O) groups excluding carboxylic acids is 1. The molecule has 0 aromatic carbocycles. The van der Waals surface area contributed by atoms with Gasteiger partial charge >= 0.3 is 17.1 Å². The van der Waals surface area contributed by atoms with Crippen molar-refractivity contribution < 1.29 is 24.4 Å². The van der Waals surface area contributed by atoms with Crippen LogP contribution in [0.1, 0.15) is 25.1 Å². The molecule has 11 heteroatoms. The second kappa shape index (κ2) is 9.57. The van der Waals surface area contributed by atoms with Gasteiger partial charge in [-0.05, 0) is 12.5 Å². The molecule has 0 saturated carbocycles. The van der Waals surface area contributed by atoms with Gasteiger partial charge in [0.15, 0.2) is 0 Å². The Morgan fingerprint density at radius 1 is 1.52 bits per heavy atom. The topological polar surface area (TPSA) is 143 Å². The first-order valence-corrected chi connectivity index (χ1v) is 8.26. The van der Waals surface area contributed by atoms with Crippen molar-refractivity contribution >= 4 is 40.0 Å². The molecular formula is C14H20N4O6S. The van der Waals surface area contributed by atoms with E-state index < -0.39 is 22.9 Å². The predicted octanol–water partition coefficient (Wildman–Crippen LogP) is 2.45. The summed E-state index contributed by atoms with van der Waals surface area (Å²) in [5.74, 6) is -1.96. The molecule has 10 nitrogen and oxygen atoms in total. The van der Waals surface area contributed by atoms with Crippen LogP contribution in [0.5, 0.6) is 0 Å². The van der Waals surface area contributed by atoms with Crippen molar-refractivity contribution in [2.24, 2.45) is 10.9 Å². The number of guanidine groups is 1. The molecule has 1 heterocycles. The average Bonchev–Trinajstić information content (AvgIpc) is 2.95. The fourth-order valence-corrected chi connectivity index (χ4v) is 2.74. The molecule has 3 N–H and O–H groups in total. The molecule has 1 unspecified atom stereocenters. The van der Waals surface area contributed by atoms with Crippen LogP contribution in [0.15, 0.2) is 11.1 Å². The number of ether oxygens (including phenoxy) is 1. The number of nitrogens with one attached hydrogen (secondary N) is 2. The maximum absolute atomic E-state index is 11.4. The number of amides is 1. The normalized spacial score (nSPS) is 12.4. The van der Waals surface area contributed by atoms with Gasteiger partial charge in [-0.15, -0.1) is 0 Å². The highest BCUT2D eigenvalue weighted by molar-refractivity contribution is 7.16. The molecule has 0 bridgehead atoms. The Bertz CT molecular complexity index is 672. The van der Waals surface area contributed by atoms with Crippen LogP contribution >= 0.6 is 11.3 Å². The molecule has 0 aliphatic heterocycles. The van der Waals surface area contributed by atoms with Crippen LogP contribution in [0.2, 0.25) is 0 Å². The number of methoxy groups -OCH3 is 1. The fraction of sp³-hybridized carbons (Fsp3) is 0.500. The van der Waals surface area contributed by atoms with Crippen LogP contribution in [-0.2, 0) is 16.0 Å². The molecule has 0 aliphatic carbocycles. The molecule has 0 aliphatic rings. The number of carboxylic acid groups (broad SMARTS) is 1. The first kappa shape index (κ1) is 20.4. The van der Waals surface area contributed by atoms with Crippen molar-refractivity contribution in [2.45, 2.75) is 26.7 Å². The molecule has 0 fully saturated rings. The van der Waals surface area contributed by atoms with E-state index in [1.165, 1.54) is 6.92 Å². The summed E-state index contributed by atoms with van der Waals surface area (Å²) in [6, 6.07) is 1.61. The van der Waals surface area contributed by atoms with Crippen LogP contribution in [-0.4, -0.2) is 41.7 Å². The monoisotopic (exact) mass is 372 g/mol. The number of thiophene rings is 1. The zero-order chi connectivity index (χ0) is 19.0. The van der Waals surface area contributed by atoms with Gasteiger partial charge in [0.05, 0.1) is 24.5 Å². The lowest BCUT2D eigenvalue weighted by molar-refractivity contribution is -0.379. The van der Waals surface area contributed by atoms with Gasteiger partial charge in [-0.3, -0.25) is 25.2 Å². The summed E-state index contributed by atoms with van der Waals surface area (Å²) < 4.78 is 4.48. The lowest BCUT2D eigenvalue weighted by atomic mass is 10.2. The summed E-state index contributed by atoms with van der Waals surface area (Å²) in [5.41, 5.74) is 0.177. The molecule has 1 atom stereocenters. The minimum atomic E-state index is -1.05. The third-order valence-electron chi connectivity index (χ3n) is 3.03. The molecule has 0 saturated heterocycles. The van der Waals surface area contributed by atoms with E-state index in [4.69, 9.17) is 5.11 Å². The van der Waals surface area contributed by atoms with Crippen LogP contribution in [0.3, 0.4) is 0 Å². The number of nitro groups is 1. The van der Waals surface area contributed by atoms with Gasteiger partial charge < -0.3 is 15.2 Å². The first-order chi connectivity index (χ1) is 11.8. The van der Waals surface area contributed by atoms with E-state index in [9.17, 15) is 19.7 Å². The van der Waals surface area contributed by atoms with Gasteiger partial charge in [0, 0.05) is 4.88 Å². The van der Waals surface area contributed by atoms with Gasteiger partial charge in [0.2, 0.25) is 5.96 Å². The number of hydrogen-bond donors (Lipinski definition) is 3. The van der Waals surface area contributed by atoms with Crippen molar-refractivity contribution in [3.63, 3.8) is 0 Å². The Balaban J connectivity index is 3.07. The molecule has 25 heavy (non-hydrogen) atoms. The molecule has 138 valence electrons. The molecule has 1 aromatic heterocycles. The van der Waals surface area contributed by atoms with E-state index in [0.29, 0.717) is 6.42 Å². The Hall–Kier alpha value is -2.69. The molecule has 1 amide bonds. The third-order valence-corrected chi connectivity index (χ3v) is 4.18. The van der Waals surface area contributed by atoms with Crippen LogP contribution in [0.25, 0.3) is 0 Å². The van der Waals surface area contributed by atoms with Gasteiger partial charge in [0.1, 0.15) is 5.69 Å². The lowest BCUT2D eigenvalue weighted by Crippen LogP contribution is -2.36. The van der Waals surface area contributed by atoms with E-state index in [0.717, 1.165) is 29.7 Å². The maximum atomic E-state index is 11.4. The standard InChI is InChI=1S/C14H20N4O6S/c1-4-5-9-6-10(11(25-9)18(22)23)16-13(17-14(21)24-3)15-7-8(2)12(19)20/h6,8H,4-5,7H2,1-3H3,(H,19,20)(H2,15,16,17,21). The zero-order valence-corrected chi connectivity index (χ0v) is 14.9. The number of carbonyl (C=O) groups is 2. The molecular weight excluding hydrogens is 352 g/mol. The molecule has 1 rings (SSSR count). The molecule has 0 radical (unpaired) electrons. The van der Waals surface area contributed by atoms with Gasteiger partial charge in [-0.1, -0.05) is 31.6 Å². The zero-order valence-electron chi connectivity index (χ0n) is 14.1. The Kier molecular flexibility index (Phi) is 7.79. The lowest BCUT2D eigenvalue weighted by Gasteiger charge is -2.10. The maximum Gasteiger partial charge on any atom is 0.413 e. The van der Waals surface area contributed by atoms with Crippen molar-refractivity contribution in [1.82, 2.24) is 5.32 Å². The van der Waals surface area contributed by atoms with Crippen LogP contribution in [0.4, 0.5) is 15.5 Å². The second-order valence-electron chi connectivity index (χ2n) is 5.11. The highest BCUT2D eigenvalue weighted by Crippen LogP contribution is 2.35. The largest absolute Gasteiger partial charge is 0.481 e. The fourth-order valence-electron chi connectivity index (χ4n) is 1.72. The number of aliphatic imine (C=N–C) groups is 1. The number of carboxylic acids is 1. The minimum Gasteiger partial charge on any atom is -0.481 e. The van der Waals surface area contributed by atoms with E-state index >= 15 is 0 Å². The van der Waals surface area contributed by atoms with Gasteiger partial charge in [-0.2, -0.15) is 0 Å². The summed E-state index contributed by atoms with van der Waals surface area (Å²) >= 11 is 1.03. The number of hydrogen-bond acceptors (Lipinski definition) is 7. The highest BCUT2D eigenvalue weighted by atomic mass is 32.1. The van der Waals surface area contributed by atoms with Gasteiger partial charge in [-0.25, -0.2) is 4.79 Å². The third kappa shape index (κ3) is 6.37. The Morgan fingerprint density at radius 2 is 2.20 bits per heavy atom. The summed E-state index contributed by atoms with van der Waals surface area (Å²) in [5, 5.41) is 25.0. The van der Waals surface area contributed by atoms with Crippen molar-refractivity contribution in [2.75, 3.05) is 19.0 Å². The molecule has 0 spiro atoms. The SMILES string of the molecule is CCCc1cc(NC(=NCC(C)C(=O)O)NC(=O)OC)c([N+](=O)[O-])s1. The van der Waals surface area contributed by atoms with E-state index in [2.05, 4.69) is 20.4 Å². The second-order valence-corrected chi connectivity index (χ2v) is 6.22. The minimum absolute atomic E-state index is 0.117. The van der Waals surface area contributed by atoms with Crippen molar-refractivity contribution in [3.05, 3.63) is 21.1 Å². The predicted molar refractivity (Wildman–Crippen MR) is 93.2 cm³/mol. The number of alkyl carbamates (subject to hydrolysis) is 1. The summed E-state index contributed by atoms with van der Waals surface area (Å²) in [6.45, 7) is 3.28. The summed E-state index contributed by atoms with van der Waals surface area (Å²) in [7, 11) is 1.15. The van der Waals surface area contributed by atoms with E-state index in [1.54, 1.807) is 6.07 Å². The van der Waals surface area contributed by atoms with Crippen molar-refractivity contribution in [1.29, 1.82) is 0 Å². The van der Waals surface area contributed by atoms with Crippen LogP contribution < -0.4 is 10.6 Å². The first-order valence-electron chi connectivity index (χ1n) is 7.44. The van der Waals surface area contributed by atoms with Crippen LogP contribution in [0, 0.1) is 16.0 Å². The quantitative estimate of drug-likeness (QED) is 0.289. The summed E-state index contributed by atoms with van der Waals surface area (Å²) in [4.78, 5) is 37.8. The number of aryl methyl sites for hydroxylation is 1. The Morgan fingerprint density at radius 3 is 2.72 bits per heavy atom. The van der Waals surface area contributed by atoms with E-state index in [1.807, 2.05) is 6.92 Å². The number of nitrogens with zero attached hydrogens (tertiary/aromatic N) is 2. The highest BCUT2D eigenvalue weighted by Gasteiger charge is 2.21. The van der Waals surface area contributed by atoms with Crippen molar-refractivity contribution in [3.8, 4) is 0 Å².